The number of rotatable bonds is 9. The first-order valence-electron chi connectivity index (χ1n) is 10.2. The fourth-order valence-electron chi connectivity index (χ4n) is 3.30. The van der Waals surface area contributed by atoms with Crippen molar-refractivity contribution >= 4 is 23.5 Å². The van der Waals surface area contributed by atoms with Crippen LogP contribution in [0.25, 0.3) is 0 Å². The molecule has 0 atom stereocenters. The third-order valence-electron chi connectivity index (χ3n) is 5.09. The van der Waals surface area contributed by atoms with E-state index in [0.717, 1.165) is 17.7 Å². The molecule has 0 radical (unpaired) electrons. The van der Waals surface area contributed by atoms with Crippen molar-refractivity contribution in [1.29, 1.82) is 0 Å². The minimum Gasteiger partial charge on any atom is -0.478 e. The van der Waals surface area contributed by atoms with Crippen LogP contribution in [0.2, 0.25) is 0 Å². The summed E-state index contributed by atoms with van der Waals surface area (Å²) in [5, 5.41) is 18.9. The molecule has 0 aromatic heterocycles. The van der Waals surface area contributed by atoms with Crippen molar-refractivity contribution in [2.45, 2.75) is 26.7 Å². The second kappa shape index (κ2) is 9.91. The maximum atomic E-state index is 12.9. The number of ether oxygens (including phenoxy) is 1. The number of benzene rings is 3. The molecule has 0 bridgehead atoms. The van der Waals surface area contributed by atoms with Gasteiger partial charge in [0, 0.05) is 24.0 Å². The fourth-order valence-corrected chi connectivity index (χ4v) is 3.30. The van der Waals surface area contributed by atoms with E-state index < -0.39 is 34.6 Å². The summed E-state index contributed by atoms with van der Waals surface area (Å²) in [6.07, 6.45) is -0.111. The average Bonchev–Trinajstić information content (AvgIpc) is 2.80. The van der Waals surface area contributed by atoms with Crippen molar-refractivity contribution < 1.29 is 34.1 Å². The van der Waals surface area contributed by atoms with Crippen LogP contribution in [0.5, 0.6) is 11.5 Å². The Hall–Kier alpha value is -4.26. The molecule has 168 valence electrons. The first-order valence-corrected chi connectivity index (χ1v) is 10.2. The molecule has 3 aromatic rings. The van der Waals surface area contributed by atoms with Crippen molar-refractivity contribution in [3.63, 3.8) is 0 Å². The molecule has 2 N–H and O–H groups in total. The summed E-state index contributed by atoms with van der Waals surface area (Å²) in [6, 6.07) is 16.3. The maximum absolute atomic E-state index is 12.9. The summed E-state index contributed by atoms with van der Waals surface area (Å²) in [5.74, 6) is -2.67. The van der Waals surface area contributed by atoms with Crippen molar-refractivity contribution in [1.82, 2.24) is 0 Å². The zero-order chi connectivity index (χ0) is 24.1. The summed E-state index contributed by atoms with van der Waals surface area (Å²) < 4.78 is 5.76. The molecule has 0 aliphatic heterocycles. The van der Waals surface area contributed by atoms with Gasteiger partial charge in [-0.1, -0.05) is 36.8 Å². The Labute approximate surface area is 190 Å². The zero-order valence-electron chi connectivity index (χ0n) is 18.1. The first kappa shape index (κ1) is 23.4. The molecule has 0 fully saturated rings. The molecule has 0 spiro atoms. The molecule has 3 rings (SSSR count). The predicted octanol–water partition coefficient (Wildman–Crippen LogP) is 5.20. The highest BCUT2D eigenvalue weighted by Crippen LogP contribution is 2.24. The molecular formula is C26H22O7. The number of carboxylic acids is 2. The Morgan fingerprint density at radius 1 is 0.697 bits per heavy atom. The summed E-state index contributed by atoms with van der Waals surface area (Å²) >= 11 is 0. The number of ketones is 2. The van der Waals surface area contributed by atoms with E-state index in [4.69, 9.17) is 4.74 Å². The van der Waals surface area contributed by atoms with Crippen molar-refractivity contribution in [2.24, 2.45) is 0 Å². The predicted molar refractivity (Wildman–Crippen MR) is 121 cm³/mol. The number of carbonyl (C=O) groups excluding carboxylic acids is 2. The molecule has 7 nitrogen and oxygen atoms in total. The SMILES string of the molecule is CCC(=O)c1cc(C(=O)Cc2ccc(Oc3ccc(C)cc3)cc2)c(C(=O)O)cc1C(=O)O. The molecular weight excluding hydrogens is 424 g/mol. The van der Waals surface area contributed by atoms with Gasteiger partial charge in [-0.25, -0.2) is 9.59 Å². The van der Waals surface area contributed by atoms with Crippen LogP contribution in [0.3, 0.4) is 0 Å². The minimum atomic E-state index is -1.45. The molecule has 0 saturated carbocycles. The third-order valence-corrected chi connectivity index (χ3v) is 5.09. The molecule has 0 aliphatic rings. The molecule has 0 saturated heterocycles. The molecule has 7 heteroatoms. The van der Waals surface area contributed by atoms with E-state index in [-0.39, 0.29) is 24.0 Å². The Kier molecular flexibility index (Phi) is 7.03. The van der Waals surface area contributed by atoms with Crippen LogP contribution >= 0.6 is 0 Å². The number of carboxylic acid groups (broad SMARTS) is 2. The van der Waals surface area contributed by atoms with Gasteiger partial charge < -0.3 is 14.9 Å². The number of hydrogen-bond donors (Lipinski definition) is 2. The van der Waals surface area contributed by atoms with E-state index in [1.54, 1.807) is 31.2 Å². The smallest absolute Gasteiger partial charge is 0.336 e. The molecule has 0 heterocycles. The number of carbonyl (C=O) groups is 4. The molecule has 33 heavy (non-hydrogen) atoms. The maximum Gasteiger partial charge on any atom is 0.336 e. The summed E-state index contributed by atoms with van der Waals surface area (Å²) in [7, 11) is 0. The van der Waals surface area contributed by atoms with Crippen LogP contribution in [0, 0.1) is 6.92 Å². The van der Waals surface area contributed by atoms with Crippen molar-refractivity contribution in [3.05, 3.63) is 94.0 Å². The van der Waals surface area contributed by atoms with Gasteiger partial charge in [-0.2, -0.15) is 0 Å². The van der Waals surface area contributed by atoms with Gasteiger partial charge in [-0.05, 0) is 48.9 Å². The minimum absolute atomic E-state index is 0.0166. The molecule has 0 unspecified atom stereocenters. The first-order chi connectivity index (χ1) is 15.7. The lowest BCUT2D eigenvalue weighted by atomic mass is 9.91. The molecule has 0 amide bonds. The van der Waals surface area contributed by atoms with E-state index in [0.29, 0.717) is 17.1 Å². The van der Waals surface area contributed by atoms with Gasteiger partial charge in [-0.3, -0.25) is 9.59 Å². The topological polar surface area (TPSA) is 118 Å². The van der Waals surface area contributed by atoms with Gasteiger partial charge in [0.15, 0.2) is 11.6 Å². The lowest BCUT2D eigenvalue weighted by Gasteiger charge is -2.11. The van der Waals surface area contributed by atoms with E-state index >= 15 is 0 Å². The lowest BCUT2D eigenvalue weighted by Crippen LogP contribution is -2.17. The second-order valence-electron chi connectivity index (χ2n) is 7.49. The summed E-state index contributed by atoms with van der Waals surface area (Å²) in [6.45, 7) is 3.53. The van der Waals surface area contributed by atoms with Gasteiger partial charge in [-0.15, -0.1) is 0 Å². The Morgan fingerprint density at radius 2 is 1.15 bits per heavy atom. The quantitative estimate of drug-likeness (QED) is 0.434. The largest absolute Gasteiger partial charge is 0.478 e. The van der Waals surface area contributed by atoms with Gasteiger partial charge in [0.1, 0.15) is 11.5 Å². The monoisotopic (exact) mass is 446 g/mol. The van der Waals surface area contributed by atoms with E-state index in [1.807, 2.05) is 31.2 Å². The highest BCUT2D eigenvalue weighted by Gasteiger charge is 2.25. The van der Waals surface area contributed by atoms with Gasteiger partial charge in [0.05, 0.1) is 11.1 Å². The van der Waals surface area contributed by atoms with E-state index in [1.165, 1.54) is 0 Å². The van der Waals surface area contributed by atoms with Crippen LogP contribution < -0.4 is 4.74 Å². The van der Waals surface area contributed by atoms with Crippen LogP contribution in [-0.2, 0) is 6.42 Å². The van der Waals surface area contributed by atoms with Gasteiger partial charge in [0.25, 0.3) is 0 Å². The fraction of sp³-hybridized carbons (Fsp3) is 0.154. The number of aryl methyl sites for hydroxylation is 1. The van der Waals surface area contributed by atoms with Gasteiger partial charge >= 0.3 is 11.9 Å². The van der Waals surface area contributed by atoms with Crippen LogP contribution in [0.15, 0.2) is 60.7 Å². The van der Waals surface area contributed by atoms with Crippen molar-refractivity contribution in [2.75, 3.05) is 0 Å². The Bertz CT molecular complexity index is 1220. The highest BCUT2D eigenvalue weighted by atomic mass is 16.5. The number of hydrogen-bond acceptors (Lipinski definition) is 5. The number of aromatic carboxylic acids is 2. The highest BCUT2D eigenvalue weighted by molar-refractivity contribution is 6.13. The number of Topliss-reactive ketones (excluding diaryl/α,β-unsaturated/α-hetero) is 2. The zero-order valence-corrected chi connectivity index (χ0v) is 18.1. The standard InChI is InChI=1S/C26H22O7/c1-3-23(27)19-13-20(22(26(31)32)14-21(19)25(29)30)24(28)12-16-6-10-18(11-7-16)33-17-8-4-15(2)5-9-17/h4-11,13-14H,3,12H2,1-2H3,(H,29,30)(H,31,32). The lowest BCUT2D eigenvalue weighted by molar-refractivity contribution is 0.0689. The average molecular weight is 446 g/mol. The van der Waals surface area contributed by atoms with Crippen LogP contribution in [-0.4, -0.2) is 33.7 Å². The van der Waals surface area contributed by atoms with E-state index in [2.05, 4.69) is 0 Å². The van der Waals surface area contributed by atoms with Crippen LogP contribution in [0.1, 0.15) is 65.9 Å². The molecule has 0 aliphatic carbocycles. The second-order valence-corrected chi connectivity index (χ2v) is 7.49. The summed E-state index contributed by atoms with van der Waals surface area (Å²) in [5.41, 5.74) is 0.442. The third kappa shape index (κ3) is 5.51. The normalized spacial score (nSPS) is 10.5. The molecule has 3 aromatic carbocycles. The summed E-state index contributed by atoms with van der Waals surface area (Å²) in [4.78, 5) is 48.4. The van der Waals surface area contributed by atoms with Gasteiger partial charge in [0.2, 0.25) is 0 Å². The van der Waals surface area contributed by atoms with E-state index in [9.17, 15) is 29.4 Å². The van der Waals surface area contributed by atoms with Crippen molar-refractivity contribution in [3.8, 4) is 11.5 Å². The Balaban J connectivity index is 1.87. The Morgan fingerprint density at radius 3 is 1.64 bits per heavy atom. The van der Waals surface area contributed by atoms with Crippen LogP contribution in [0.4, 0.5) is 0 Å².